The Morgan fingerprint density at radius 2 is 1.11 bits per heavy atom. The summed E-state index contributed by atoms with van der Waals surface area (Å²) < 4.78 is 78.9. The molecule has 1 fully saturated rings. The highest BCUT2D eigenvalue weighted by molar-refractivity contribution is 5.94. The van der Waals surface area contributed by atoms with E-state index in [9.17, 15) is 36.2 Å². The van der Waals surface area contributed by atoms with Gasteiger partial charge in [-0.1, -0.05) is 59.7 Å². The van der Waals surface area contributed by atoms with Gasteiger partial charge < -0.3 is 14.9 Å². The number of amides is 1. The fourth-order valence-corrected chi connectivity index (χ4v) is 4.35. The lowest BCUT2D eigenvalue weighted by Crippen LogP contribution is -2.54. The summed E-state index contributed by atoms with van der Waals surface area (Å²) in [6, 6.07) is 9.27. The first kappa shape index (κ1) is 29.8. The summed E-state index contributed by atoms with van der Waals surface area (Å²) >= 11 is 0. The van der Waals surface area contributed by atoms with Gasteiger partial charge in [-0.3, -0.25) is 4.79 Å². The van der Waals surface area contributed by atoms with E-state index in [0.717, 1.165) is 17.8 Å². The average Bonchev–Trinajstić information content (AvgIpc) is 2.80. The Bertz CT molecular complexity index is 1100. The number of alkyl halides is 6. The summed E-state index contributed by atoms with van der Waals surface area (Å²) in [5.41, 5.74) is -3.19. The van der Waals surface area contributed by atoms with Gasteiger partial charge in [0, 0.05) is 43.0 Å². The quantitative estimate of drug-likeness (QED) is 0.446. The number of carbonyl (C=O) groups is 1. The van der Waals surface area contributed by atoms with Crippen molar-refractivity contribution in [3.63, 3.8) is 0 Å². The third kappa shape index (κ3) is 5.80. The second-order valence-electron chi connectivity index (χ2n) is 11.8. The summed E-state index contributed by atoms with van der Waals surface area (Å²) in [4.78, 5) is 16.7. The van der Waals surface area contributed by atoms with Crippen LogP contribution in [0.1, 0.15) is 68.6 Å². The van der Waals surface area contributed by atoms with E-state index in [2.05, 4.69) is 64.6 Å². The molecule has 1 heterocycles. The van der Waals surface area contributed by atoms with Gasteiger partial charge in [-0.05, 0) is 46.2 Å². The fourth-order valence-electron chi connectivity index (χ4n) is 4.35. The molecule has 1 saturated heterocycles. The Labute approximate surface area is 219 Å². The minimum absolute atomic E-state index is 0.0568. The van der Waals surface area contributed by atoms with Crippen molar-refractivity contribution in [1.82, 2.24) is 4.90 Å². The number of anilines is 1. The molecule has 3 rings (SSSR count). The molecule has 1 aliphatic heterocycles. The number of rotatable bonds is 3. The monoisotopic (exact) mass is 544 g/mol. The van der Waals surface area contributed by atoms with Crippen molar-refractivity contribution in [3.05, 3.63) is 64.7 Å². The molecule has 0 unspecified atom stereocenters. The van der Waals surface area contributed by atoms with Crippen molar-refractivity contribution in [2.45, 2.75) is 70.3 Å². The van der Waals surface area contributed by atoms with Gasteiger partial charge in [0.1, 0.15) is 0 Å². The normalized spacial score (nSPS) is 16.1. The molecule has 10 heteroatoms. The molecule has 4 nitrogen and oxygen atoms in total. The van der Waals surface area contributed by atoms with E-state index in [1.807, 2.05) is 0 Å². The number of aliphatic hydroxyl groups is 1. The highest BCUT2D eigenvalue weighted by atomic mass is 19.4. The highest BCUT2D eigenvalue weighted by Crippen LogP contribution is 2.50. The number of benzene rings is 2. The van der Waals surface area contributed by atoms with Gasteiger partial charge in [-0.15, -0.1) is 0 Å². The first-order valence-electron chi connectivity index (χ1n) is 12.3. The maximum Gasteiger partial charge on any atom is 0.430 e. The van der Waals surface area contributed by atoms with E-state index < -0.39 is 29.4 Å². The summed E-state index contributed by atoms with van der Waals surface area (Å²) in [6.45, 7) is 14.6. The van der Waals surface area contributed by atoms with Gasteiger partial charge in [0.25, 0.3) is 11.5 Å². The van der Waals surface area contributed by atoms with Crippen molar-refractivity contribution in [2.24, 2.45) is 0 Å². The molecule has 0 bridgehead atoms. The standard InChI is InChI=1S/C28H34F6N2O2/c1-24(2,3)20-15-21(25(4,5)6)17-22(16-20)35-11-13-36(14-12-35)23(37)18-7-9-19(10-8-18)26(38,27(29,30)31)28(32,33)34/h7-10,15-17,38H,11-14H2,1-6H3. The molecule has 0 saturated carbocycles. The maximum absolute atomic E-state index is 13.1. The van der Waals surface area contributed by atoms with Crippen molar-refractivity contribution >= 4 is 11.6 Å². The van der Waals surface area contributed by atoms with E-state index in [0.29, 0.717) is 38.3 Å². The summed E-state index contributed by atoms with van der Waals surface area (Å²) in [5.74, 6) is -0.502. The lowest BCUT2D eigenvalue weighted by Gasteiger charge is -2.37. The molecule has 2 aromatic rings. The van der Waals surface area contributed by atoms with Gasteiger partial charge in [0.2, 0.25) is 0 Å². The number of piperazine rings is 1. The van der Waals surface area contributed by atoms with E-state index >= 15 is 0 Å². The van der Waals surface area contributed by atoms with Gasteiger partial charge >= 0.3 is 12.4 Å². The zero-order valence-electron chi connectivity index (χ0n) is 22.4. The molecule has 0 spiro atoms. The lowest BCUT2D eigenvalue weighted by molar-refractivity contribution is -0.376. The molecule has 0 atom stereocenters. The number of hydrogen-bond acceptors (Lipinski definition) is 3. The zero-order valence-corrected chi connectivity index (χ0v) is 22.4. The predicted octanol–water partition coefficient (Wildman–Crippen LogP) is 6.56. The number of halogens is 6. The van der Waals surface area contributed by atoms with Gasteiger partial charge in [0.05, 0.1) is 0 Å². The molecular weight excluding hydrogens is 510 g/mol. The smallest absolute Gasteiger partial charge is 0.369 e. The minimum atomic E-state index is -5.98. The van der Waals surface area contributed by atoms with Crippen LogP contribution in [0.4, 0.5) is 32.0 Å². The topological polar surface area (TPSA) is 43.8 Å². The van der Waals surface area contributed by atoms with Crippen molar-refractivity contribution in [3.8, 4) is 0 Å². The number of carbonyl (C=O) groups excluding carboxylic acids is 1. The van der Waals surface area contributed by atoms with Crippen molar-refractivity contribution in [2.75, 3.05) is 31.1 Å². The lowest BCUT2D eigenvalue weighted by atomic mass is 9.80. The number of hydrogen-bond donors (Lipinski definition) is 1. The maximum atomic E-state index is 13.1. The molecule has 1 N–H and O–H groups in total. The summed E-state index contributed by atoms with van der Waals surface area (Å²) in [5, 5.41) is 9.56. The molecule has 0 radical (unpaired) electrons. The Morgan fingerprint density at radius 3 is 1.47 bits per heavy atom. The highest BCUT2D eigenvalue weighted by Gasteiger charge is 2.71. The van der Waals surface area contributed by atoms with E-state index in [-0.39, 0.29) is 16.4 Å². The van der Waals surface area contributed by atoms with Crippen LogP contribution in [-0.4, -0.2) is 54.4 Å². The first-order chi connectivity index (χ1) is 17.2. The molecule has 1 amide bonds. The molecular formula is C28H34F6N2O2. The van der Waals surface area contributed by atoms with Crippen LogP contribution >= 0.6 is 0 Å². The number of nitrogens with zero attached hydrogens (tertiary/aromatic N) is 2. The van der Waals surface area contributed by atoms with E-state index in [1.54, 1.807) is 0 Å². The van der Waals surface area contributed by atoms with Crippen LogP contribution in [0.25, 0.3) is 0 Å². The fraction of sp³-hybridized carbons (Fsp3) is 0.536. The summed E-state index contributed by atoms with van der Waals surface area (Å²) in [6.07, 6.45) is -12.0. The molecule has 0 aliphatic carbocycles. The molecule has 210 valence electrons. The zero-order chi connectivity index (χ0) is 28.9. The second-order valence-corrected chi connectivity index (χ2v) is 11.8. The predicted molar refractivity (Wildman–Crippen MR) is 134 cm³/mol. The van der Waals surface area contributed by atoms with Crippen molar-refractivity contribution < 1.29 is 36.2 Å². The first-order valence-corrected chi connectivity index (χ1v) is 12.3. The Balaban J connectivity index is 1.78. The Kier molecular flexibility index (Phi) is 7.66. The third-order valence-corrected chi connectivity index (χ3v) is 6.95. The summed E-state index contributed by atoms with van der Waals surface area (Å²) in [7, 11) is 0. The van der Waals surface area contributed by atoms with Crippen LogP contribution in [0.5, 0.6) is 0 Å². The van der Waals surface area contributed by atoms with Gasteiger partial charge in [-0.2, -0.15) is 26.3 Å². The van der Waals surface area contributed by atoms with Crippen molar-refractivity contribution in [1.29, 1.82) is 0 Å². The third-order valence-electron chi connectivity index (χ3n) is 6.95. The molecule has 2 aromatic carbocycles. The Hall–Kier alpha value is -2.75. The van der Waals surface area contributed by atoms with Crippen LogP contribution in [0.3, 0.4) is 0 Å². The van der Waals surface area contributed by atoms with Crippen LogP contribution < -0.4 is 4.90 Å². The molecule has 38 heavy (non-hydrogen) atoms. The molecule has 0 aromatic heterocycles. The average molecular weight is 545 g/mol. The van der Waals surface area contributed by atoms with Crippen LogP contribution in [0.2, 0.25) is 0 Å². The Morgan fingerprint density at radius 1 is 0.684 bits per heavy atom. The molecule has 1 aliphatic rings. The van der Waals surface area contributed by atoms with Gasteiger partial charge in [-0.25, -0.2) is 0 Å². The van der Waals surface area contributed by atoms with E-state index in [4.69, 9.17) is 0 Å². The largest absolute Gasteiger partial charge is 0.430 e. The van der Waals surface area contributed by atoms with Crippen LogP contribution in [0.15, 0.2) is 42.5 Å². The van der Waals surface area contributed by atoms with Gasteiger partial charge in [0.15, 0.2) is 0 Å². The SMILES string of the molecule is CC(C)(C)c1cc(N2CCN(C(=O)c3ccc(C(O)(C(F)(F)F)C(F)(F)F)cc3)CC2)cc(C(C)(C)C)c1. The van der Waals surface area contributed by atoms with Crippen LogP contribution in [0, 0.1) is 0 Å². The second kappa shape index (κ2) is 9.77. The van der Waals surface area contributed by atoms with E-state index in [1.165, 1.54) is 16.0 Å². The minimum Gasteiger partial charge on any atom is -0.369 e. The van der Waals surface area contributed by atoms with Crippen LogP contribution in [-0.2, 0) is 16.4 Å².